The molecule has 2 aromatic heterocycles. The molecule has 3 aromatic rings. The number of benzene rings is 1. The highest BCUT2D eigenvalue weighted by Gasteiger charge is 2.04. The van der Waals surface area contributed by atoms with Crippen molar-refractivity contribution in [3.05, 3.63) is 51.5 Å². The summed E-state index contributed by atoms with van der Waals surface area (Å²) in [5.41, 5.74) is 3.19. The molecular formula is C13H10BrN3OS. The van der Waals surface area contributed by atoms with E-state index in [1.165, 1.54) is 12.0 Å². The van der Waals surface area contributed by atoms with E-state index in [0.717, 1.165) is 21.6 Å². The standard InChI is InChI=1S/C13H10BrN3OS/c14-12-4-9(7-19-12)6-15-11-3-1-2-10(5-11)13-17-16-8-18-13/h1-5,7-8,15H,6H2. The van der Waals surface area contributed by atoms with Crippen molar-refractivity contribution < 1.29 is 4.42 Å². The van der Waals surface area contributed by atoms with Crippen molar-refractivity contribution in [2.24, 2.45) is 0 Å². The highest BCUT2D eigenvalue weighted by atomic mass is 79.9. The van der Waals surface area contributed by atoms with Gasteiger partial charge in [0, 0.05) is 17.8 Å². The minimum atomic E-state index is 0.530. The first-order chi connectivity index (χ1) is 9.31. The van der Waals surface area contributed by atoms with Crippen molar-refractivity contribution in [1.82, 2.24) is 10.2 Å². The molecule has 0 bridgehead atoms. The second kappa shape index (κ2) is 5.54. The molecule has 2 heterocycles. The highest BCUT2D eigenvalue weighted by Crippen LogP contribution is 2.23. The molecule has 0 saturated carbocycles. The number of halogens is 1. The number of nitrogens with one attached hydrogen (secondary N) is 1. The van der Waals surface area contributed by atoms with Crippen LogP contribution in [0.5, 0.6) is 0 Å². The Morgan fingerprint density at radius 2 is 2.26 bits per heavy atom. The molecule has 19 heavy (non-hydrogen) atoms. The summed E-state index contributed by atoms with van der Waals surface area (Å²) in [6.45, 7) is 0.787. The van der Waals surface area contributed by atoms with Crippen LogP contribution >= 0.6 is 27.3 Å². The summed E-state index contributed by atoms with van der Waals surface area (Å²) >= 11 is 5.14. The Balaban J connectivity index is 1.73. The average molecular weight is 336 g/mol. The lowest BCUT2D eigenvalue weighted by Crippen LogP contribution is -1.97. The Hall–Kier alpha value is -1.66. The quantitative estimate of drug-likeness (QED) is 0.777. The summed E-state index contributed by atoms with van der Waals surface area (Å²) in [4.78, 5) is 0. The van der Waals surface area contributed by atoms with Crippen molar-refractivity contribution in [2.45, 2.75) is 6.54 Å². The van der Waals surface area contributed by atoms with Gasteiger partial charge in [0.25, 0.3) is 0 Å². The number of anilines is 1. The number of thiophene rings is 1. The lowest BCUT2D eigenvalue weighted by Gasteiger charge is -2.05. The summed E-state index contributed by atoms with van der Waals surface area (Å²) in [6.07, 6.45) is 1.33. The van der Waals surface area contributed by atoms with Gasteiger partial charge in [0.1, 0.15) is 0 Å². The van der Waals surface area contributed by atoms with Crippen molar-refractivity contribution in [1.29, 1.82) is 0 Å². The van der Waals surface area contributed by atoms with E-state index in [4.69, 9.17) is 4.42 Å². The van der Waals surface area contributed by atoms with Crippen molar-refractivity contribution in [3.8, 4) is 11.5 Å². The van der Waals surface area contributed by atoms with E-state index in [-0.39, 0.29) is 0 Å². The van der Waals surface area contributed by atoms with E-state index in [1.807, 2.05) is 24.3 Å². The van der Waals surface area contributed by atoms with Crippen LogP contribution in [0.25, 0.3) is 11.5 Å². The number of aromatic nitrogens is 2. The van der Waals surface area contributed by atoms with Gasteiger partial charge >= 0.3 is 0 Å². The number of hydrogen-bond donors (Lipinski definition) is 1. The van der Waals surface area contributed by atoms with Gasteiger partial charge in [0.2, 0.25) is 12.3 Å². The third kappa shape index (κ3) is 3.02. The fraction of sp³-hybridized carbons (Fsp3) is 0.0769. The third-order valence-electron chi connectivity index (χ3n) is 2.59. The molecule has 1 aromatic carbocycles. The molecule has 0 spiro atoms. The van der Waals surface area contributed by atoms with Gasteiger partial charge in [-0.15, -0.1) is 21.5 Å². The van der Waals surface area contributed by atoms with Crippen molar-refractivity contribution >= 4 is 33.0 Å². The van der Waals surface area contributed by atoms with Crippen LogP contribution in [0, 0.1) is 0 Å². The maximum atomic E-state index is 5.19. The van der Waals surface area contributed by atoms with Crippen LogP contribution in [-0.2, 0) is 6.54 Å². The Kier molecular flexibility index (Phi) is 3.61. The molecule has 1 N–H and O–H groups in total. The minimum absolute atomic E-state index is 0.530. The minimum Gasteiger partial charge on any atom is -0.423 e. The van der Waals surface area contributed by atoms with Crippen LogP contribution in [0.15, 0.2) is 50.3 Å². The van der Waals surface area contributed by atoms with Gasteiger partial charge in [0.15, 0.2) is 0 Å². The summed E-state index contributed by atoms with van der Waals surface area (Å²) < 4.78 is 6.33. The van der Waals surface area contributed by atoms with Crippen LogP contribution in [0.1, 0.15) is 5.56 Å². The lowest BCUT2D eigenvalue weighted by atomic mass is 10.2. The fourth-order valence-electron chi connectivity index (χ4n) is 1.70. The normalized spacial score (nSPS) is 10.6. The van der Waals surface area contributed by atoms with Gasteiger partial charge in [-0.05, 0) is 51.1 Å². The molecule has 0 aliphatic carbocycles. The third-order valence-corrected chi connectivity index (χ3v) is 4.14. The molecular weight excluding hydrogens is 326 g/mol. The molecule has 0 unspecified atom stereocenters. The second-order valence-electron chi connectivity index (χ2n) is 3.94. The SMILES string of the molecule is Brc1cc(CNc2cccc(-c3nnco3)c2)cs1. The zero-order chi connectivity index (χ0) is 13.1. The molecule has 0 aliphatic rings. The molecule has 0 saturated heterocycles. The zero-order valence-electron chi connectivity index (χ0n) is 9.84. The number of nitrogens with zero attached hydrogens (tertiary/aromatic N) is 2. The highest BCUT2D eigenvalue weighted by molar-refractivity contribution is 9.11. The van der Waals surface area contributed by atoms with Crippen LogP contribution < -0.4 is 5.32 Å². The first-order valence-electron chi connectivity index (χ1n) is 5.64. The van der Waals surface area contributed by atoms with E-state index in [2.05, 4.69) is 42.9 Å². The van der Waals surface area contributed by atoms with Crippen molar-refractivity contribution in [3.63, 3.8) is 0 Å². The molecule has 3 rings (SSSR count). The lowest BCUT2D eigenvalue weighted by molar-refractivity contribution is 0.568. The average Bonchev–Trinajstić information content (AvgIpc) is 3.08. The predicted octanol–water partition coefficient (Wildman–Crippen LogP) is 4.17. The Morgan fingerprint density at radius 3 is 3.00 bits per heavy atom. The van der Waals surface area contributed by atoms with Gasteiger partial charge in [-0.1, -0.05) is 6.07 Å². The smallest absolute Gasteiger partial charge is 0.247 e. The van der Waals surface area contributed by atoms with Gasteiger partial charge < -0.3 is 9.73 Å². The van der Waals surface area contributed by atoms with Crippen molar-refractivity contribution in [2.75, 3.05) is 5.32 Å². The Bertz CT molecular complexity index is 666. The summed E-state index contributed by atoms with van der Waals surface area (Å²) in [6, 6.07) is 10.0. The van der Waals surface area contributed by atoms with Gasteiger partial charge in [-0.2, -0.15) is 0 Å². The molecule has 0 aliphatic heterocycles. The van der Waals surface area contributed by atoms with Gasteiger partial charge in [-0.3, -0.25) is 0 Å². The van der Waals surface area contributed by atoms with E-state index in [1.54, 1.807) is 11.3 Å². The van der Waals surface area contributed by atoms with Crippen LogP contribution in [0.4, 0.5) is 5.69 Å². The molecule has 0 fully saturated rings. The molecule has 0 radical (unpaired) electrons. The summed E-state index contributed by atoms with van der Waals surface area (Å²) in [5, 5.41) is 13.1. The molecule has 4 nitrogen and oxygen atoms in total. The van der Waals surface area contributed by atoms with E-state index < -0.39 is 0 Å². The van der Waals surface area contributed by atoms with Crippen LogP contribution in [0.3, 0.4) is 0 Å². The van der Waals surface area contributed by atoms with Crippen LogP contribution in [0.2, 0.25) is 0 Å². The number of rotatable bonds is 4. The second-order valence-corrected chi connectivity index (χ2v) is 6.23. The monoisotopic (exact) mass is 335 g/mol. The topological polar surface area (TPSA) is 51.0 Å². The van der Waals surface area contributed by atoms with E-state index in [9.17, 15) is 0 Å². The van der Waals surface area contributed by atoms with Gasteiger partial charge in [0.05, 0.1) is 3.79 Å². The molecule has 6 heteroatoms. The van der Waals surface area contributed by atoms with Crippen LogP contribution in [-0.4, -0.2) is 10.2 Å². The van der Waals surface area contributed by atoms with Gasteiger partial charge in [-0.25, -0.2) is 0 Å². The first-order valence-corrected chi connectivity index (χ1v) is 7.32. The molecule has 96 valence electrons. The first kappa shape index (κ1) is 12.4. The largest absolute Gasteiger partial charge is 0.423 e. The number of hydrogen-bond acceptors (Lipinski definition) is 5. The summed E-state index contributed by atoms with van der Waals surface area (Å²) in [7, 11) is 0. The molecule has 0 amide bonds. The Morgan fingerprint density at radius 1 is 1.32 bits per heavy atom. The summed E-state index contributed by atoms with van der Waals surface area (Å²) in [5.74, 6) is 0.530. The predicted molar refractivity (Wildman–Crippen MR) is 79.1 cm³/mol. The fourth-order valence-corrected chi connectivity index (χ4v) is 2.91. The maximum absolute atomic E-state index is 5.19. The zero-order valence-corrected chi connectivity index (χ0v) is 12.2. The van der Waals surface area contributed by atoms with E-state index >= 15 is 0 Å². The Labute approximate surface area is 122 Å². The van der Waals surface area contributed by atoms with E-state index in [0.29, 0.717) is 5.89 Å². The molecule has 0 atom stereocenters. The maximum Gasteiger partial charge on any atom is 0.247 e.